The Labute approximate surface area is 268 Å². The van der Waals surface area contributed by atoms with E-state index in [2.05, 4.69) is 140 Å². The predicted molar refractivity (Wildman–Crippen MR) is 192 cm³/mol. The Balaban J connectivity index is 1.21. The molecule has 1 heterocycles. The standard InChI is InChI=1S/C44H30N2/c1-29-22-33(19-21-38(29)39-20-18-31(28-45)24-36(39)23-30-10-3-2-4-11-30)32-13-9-14-34(25-32)42-27-37-26-35-12-5-8-17-43(35)46-44(37)41-16-7-6-15-40(41)42/h2-22,24-27H,23H2,1H3. The number of hydrogen-bond acceptors (Lipinski definition) is 2. The van der Waals surface area contributed by atoms with Gasteiger partial charge >= 0.3 is 0 Å². The molecule has 0 amide bonds. The molecule has 46 heavy (non-hydrogen) atoms. The Morgan fingerprint density at radius 2 is 1.28 bits per heavy atom. The van der Waals surface area contributed by atoms with Crippen LogP contribution in [-0.4, -0.2) is 4.98 Å². The Bertz CT molecular complexity index is 2470. The lowest BCUT2D eigenvalue weighted by atomic mass is 9.89. The van der Waals surface area contributed by atoms with Gasteiger partial charge in [0, 0.05) is 16.2 Å². The van der Waals surface area contributed by atoms with E-state index in [1.807, 2.05) is 24.3 Å². The summed E-state index contributed by atoms with van der Waals surface area (Å²) in [5.74, 6) is 0. The third kappa shape index (κ3) is 4.99. The fourth-order valence-corrected chi connectivity index (χ4v) is 6.75. The van der Waals surface area contributed by atoms with Crippen molar-refractivity contribution < 1.29 is 0 Å². The molecule has 0 N–H and O–H groups in total. The second-order valence-electron chi connectivity index (χ2n) is 12.0. The SMILES string of the molecule is Cc1cc(-c2cccc(-c3cc4cc5ccccc5nc4c4ccccc34)c2)ccc1-c1ccc(C#N)cc1Cc1ccccc1. The quantitative estimate of drug-likeness (QED) is 0.149. The van der Waals surface area contributed by atoms with Crippen LogP contribution in [0.5, 0.6) is 0 Å². The minimum absolute atomic E-state index is 0.686. The highest BCUT2D eigenvalue weighted by atomic mass is 14.7. The van der Waals surface area contributed by atoms with Gasteiger partial charge in [0.15, 0.2) is 0 Å². The fraction of sp³-hybridized carbons (Fsp3) is 0.0455. The number of hydrogen-bond donors (Lipinski definition) is 0. The molecule has 8 rings (SSSR count). The Hall–Kier alpha value is -6.04. The number of nitrogens with zero attached hydrogens (tertiary/aromatic N) is 2. The van der Waals surface area contributed by atoms with Crippen LogP contribution in [-0.2, 0) is 6.42 Å². The van der Waals surface area contributed by atoms with Crippen LogP contribution in [0.3, 0.4) is 0 Å². The lowest BCUT2D eigenvalue weighted by molar-refractivity contribution is 1.19. The summed E-state index contributed by atoms with van der Waals surface area (Å²) >= 11 is 0. The van der Waals surface area contributed by atoms with Gasteiger partial charge in [0.05, 0.1) is 22.7 Å². The van der Waals surface area contributed by atoms with Crippen molar-refractivity contribution in [2.24, 2.45) is 0 Å². The van der Waals surface area contributed by atoms with Crippen LogP contribution in [0, 0.1) is 18.3 Å². The van der Waals surface area contributed by atoms with Gasteiger partial charge in [-0.25, -0.2) is 4.98 Å². The molecule has 0 fully saturated rings. The van der Waals surface area contributed by atoms with Gasteiger partial charge in [-0.05, 0) is 105 Å². The van der Waals surface area contributed by atoms with Crippen LogP contribution < -0.4 is 0 Å². The summed E-state index contributed by atoms with van der Waals surface area (Å²) in [6.45, 7) is 2.18. The van der Waals surface area contributed by atoms with E-state index < -0.39 is 0 Å². The number of nitriles is 1. The van der Waals surface area contributed by atoms with E-state index in [9.17, 15) is 5.26 Å². The first-order valence-corrected chi connectivity index (χ1v) is 15.6. The lowest BCUT2D eigenvalue weighted by Crippen LogP contribution is -1.95. The predicted octanol–water partition coefficient (Wildman–Crippen LogP) is 11.3. The number of aromatic nitrogens is 1. The molecule has 2 heteroatoms. The molecule has 216 valence electrons. The molecular weight excluding hydrogens is 556 g/mol. The van der Waals surface area contributed by atoms with Gasteiger partial charge < -0.3 is 0 Å². The normalized spacial score (nSPS) is 11.2. The molecule has 0 spiro atoms. The van der Waals surface area contributed by atoms with Crippen LogP contribution in [0.1, 0.15) is 22.3 Å². The smallest absolute Gasteiger partial charge is 0.0991 e. The lowest BCUT2D eigenvalue weighted by Gasteiger charge is -2.15. The first-order valence-electron chi connectivity index (χ1n) is 15.6. The van der Waals surface area contributed by atoms with Crippen molar-refractivity contribution >= 4 is 32.6 Å². The first kappa shape index (κ1) is 27.5. The summed E-state index contributed by atoms with van der Waals surface area (Å²) in [5.41, 5.74) is 13.4. The van der Waals surface area contributed by atoms with Crippen LogP contribution in [0.15, 0.2) is 152 Å². The van der Waals surface area contributed by atoms with Gasteiger partial charge in [0.1, 0.15) is 0 Å². The molecule has 0 bridgehead atoms. The average molecular weight is 587 g/mol. The van der Waals surface area contributed by atoms with E-state index in [0.717, 1.165) is 33.8 Å². The summed E-state index contributed by atoms with van der Waals surface area (Å²) < 4.78 is 0. The van der Waals surface area contributed by atoms with Crippen molar-refractivity contribution in [2.45, 2.75) is 13.3 Å². The fourth-order valence-electron chi connectivity index (χ4n) is 6.75. The maximum Gasteiger partial charge on any atom is 0.0991 e. The second kappa shape index (κ2) is 11.5. The number of para-hydroxylation sites is 1. The van der Waals surface area contributed by atoms with E-state index in [1.54, 1.807) is 0 Å². The number of rotatable bonds is 5. The summed E-state index contributed by atoms with van der Waals surface area (Å²) in [5, 5.41) is 14.3. The van der Waals surface area contributed by atoms with Gasteiger partial charge in [-0.1, -0.05) is 115 Å². The highest BCUT2D eigenvalue weighted by molar-refractivity contribution is 6.14. The molecule has 0 saturated carbocycles. The van der Waals surface area contributed by atoms with E-state index >= 15 is 0 Å². The van der Waals surface area contributed by atoms with Gasteiger partial charge in [0.2, 0.25) is 0 Å². The van der Waals surface area contributed by atoms with Crippen molar-refractivity contribution in [2.75, 3.05) is 0 Å². The summed E-state index contributed by atoms with van der Waals surface area (Å²) in [6, 6.07) is 55.9. The van der Waals surface area contributed by atoms with E-state index in [1.165, 1.54) is 55.3 Å². The molecule has 0 radical (unpaired) electrons. The first-order chi connectivity index (χ1) is 22.6. The van der Waals surface area contributed by atoms with Gasteiger partial charge in [-0.2, -0.15) is 5.26 Å². The van der Waals surface area contributed by atoms with Crippen molar-refractivity contribution in [1.29, 1.82) is 5.26 Å². The minimum atomic E-state index is 0.686. The minimum Gasteiger partial charge on any atom is -0.247 e. The molecule has 0 unspecified atom stereocenters. The molecule has 0 aliphatic carbocycles. The molecular formula is C44H30N2. The monoisotopic (exact) mass is 586 g/mol. The molecule has 7 aromatic carbocycles. The number of fused-ring (bicyclic) bond motifs is 4. The van der Waals surface area contributed by atoms with Crippen molar-refractivity contribution in [3.05, 3.63) is 174 Å². The molecule has 8 aromatic rings. The van der Waals surface area contributed by atoms with Gasteiger partial charge in [-0.15, -0.1) is 0 Å². The highest BCUT2D eigenvalue weighted by Gasteiger charge is 2.14. The molecule has 0 atom stereocenters. The van der Waals surface area contributed by atoms with Crippen LogP contribution in [0.4, 0.5) is 0 Å². The average Bonchev–Trinajstić information content (AvgIpc) is 3.11. The maximum atomic E-state index is 9.61. The van der Waals surface area contributed by atoms with Crippen molar-refractivity contribution in [3.63, 3.8) is 0 Å². The summed E-state index contributed by atoms with van der Waals surface area (Å²) in [7, 11) is 0. The molecule has 0 aliphatic rings. The summed E-state index contributed by atoms with van der Waals surface area (Å²) in [6.07, 6.45) is 0.778. The maximum absolute atomic E-state index is 9.61. The number of aryl methyl sites for hydroxylation is 1. The Kier molecular flexibility index (Phi) is 6.86. The second-order valence-corrected chi connectivity index (χ2v) is 12.0. The topological polar surface area (TPSA) is 36.7 Å². The molecule has 0 aliphatic heterocycles. The Morgan fingerprint density at radius 1 is 0.543 bits per heavy atom. The van der Waals surface area contributed by atoms with E-state index in [0.29, 0.717) is 5.56 Å². The van der Waals surface area contributed by atoms with E-state index in [4.69, 9.17) is 4.98 Å². The number of pyridine rings is 1. The molecule has 2 nitrogen and oxygen atoms in total. The molecule has 1 aromatic heterocycles. The van der Waals surface area contributed by atoms with Gasteiger partial charge in [0.25, 0.3) is 0 Å². The van der Waals surface area contributed by atoms with Crippen molar-refractivity contribution in [3.8, 4) is 39.4 Å². The number of benzene rings is 7. The van der Waals surface area contributed by atoms with Crippen LogP contribution in [0.2, 0.25) is 0 Å². The largest absolute Gasteiger partial charge is 0.247 e. The highest BCUT2D eigenvalue weighted by Crippen LogP contribution is 2.38. The zero-order chi connectivity index (χ0) is 31.0. The third-order valence-corrected chi connectivity index (χ3v) is 9.02. The third-order valence-electron chi connectivity index (χ3n) is 9.02. The van der Waals surface area contributed by atoms with Crippen LogP contribution in [0.25, 0.3) is 66.0 Å². The Morgan fingerprint density at radius 3 is 2.13 bits per heavy atom. The van der Waals surface area contributed by atoms with E-state index in [-0.39, 0.29) is 0 Å². The van der Waals surface area contributed by atoms with Crippen molar-refractivity contribution in [1.82, 2.24) is 4.98 Å². The summed E-state index contributed by atoms with van der Waals surface area (Å²) in [4.78, 5) is 5.07. The van der Waals surface area contributed by atoms with Gasteiger partial charge in [-0.3, -0.25) is 0 Å². The zero-order valence-electron chi connectivity index (χ0n) is 25.5. The zero-order valence-corrected chi connectivity index (χ0v) is 25.5. The molecule has 0 saturated heterocycles. The van der Waals surface area contributed by atoms with Crippen LogP contribution >= 0.6 is 0 Å².